The minimum Gasteiger partial charge on any atom is -0.295 e. The average Bonchev–Trinajstić information content (AvgIpc) is 3.05. The molecule has 0 heterocycles. The molecule has 0 saturated heterocycles. The van der Waals surface area contributed by atoms with Crippen molar-refractivity contribution in [3.63, 3.8) is 0 Å². The van der Waals surface area contributed by atoms with E-state index in [4.69, 9.17) is 0 Å². The first kappa shape index (κ1) is 22.3. The Kier molecular flexibility index (Phi) is 6.15. The van der Waals surface area contributed by atoms with Gasteiger partial charge in [-0.15, -0.1) is 0 Å². The number of allylic oxidation sites excluding steroid dienone is 4. The van der Waals surface area contributed by atoms with Crippen molar-refractivity contribution in [1.29, 1.82) is 0 Å². The molecule has 0 amide bonds. The Morgan fingerprint density at radius 2 is 1.80 bits per heavy atom. The van der Waals surface area contributed by atoms with E-state index in [1.165, 1.54) is 63.4 Å². The first-order valence-corrected chi connectivity index (χ1v) is 13.1. The summed E-state index contributed by atoms with van der Waals surface area (Å²) in [6, 6.07) is 0. The van der Waals surface area contributed by atoms with Crippen molar-refractivity contribution >= 4 is 5.78 Å². The Bertz CT molecular complexity index is 714. The van der Waals surface area contributed by atoms with Gasteiger partial charge in [-0.05, 0) is 103 Å². The molecule has 0 unspecified atom stereocenters. The predicted octanol–water partition coefficient (Wildman–Crippen LogP) is 8.01. The van der Waals surface area contributed by atoms with Gasteiger partial charge in [0.15, 0.2) is 5.78 Å². The monoisotopic (exact) mass is 410 g/mol. The molecule has 0 aliphatic heterocycles. The fourth-order valence-electron chi connectivity index (χ4n) is 8.70. The summed E-state index contributed by atoms with van der Waals surface area (Å²) in [6.45, 7) is 14.7. The van der Waals surface area contributed by atoms with Crippen LogP contribution in [0.4, 0.5) is 0 Å². The lowest BCUT2D eigenvalue weighted by atomic mass is 9.47. The van der Waals surface area contributed by atoms with Crippen molar-refractivity contribution in [3.05, 3.63) is 23.8 Å². The van der Waals surface area contributed by atoms with E-state index in [2.05, 4.69) is 59.8 Å². The zero-order valence-corrected chi connectivity index (χ0v) is 20.5. The van der Waals surface area contributed by atoms with Gasteiger partial charge in [-0.3, -0.25) is 4.79 Å². The molecule has 0 radical (unpaired) electrons. The second-order valence-corrected chi connectivity index (χ2v) is 12.3. The number of carbonyl (C=O) groups excluding carboxylic acids is 1. The first-order valence-electron chi connectivity index (χ1n) is 13.1. The Morgan fingerprint density at radius 1 is 1.03 bits per heavy atom. The van der Waals surface area contributed by atoms with Gasteiger partial charge in [0.05, 0.1) is 0 Å². The number of fused-ring (bicyclic) bond motifs is 5. The number of hydrogen-bond acceptors (Lipinski definition) is 1. The lowest BCUT2D eigenvalue weighted by molar-refractivity contribution is -0.133. The van der Waals surface area contributed by atoms with Crippen molar-refractivity contribution in [2.24, 2.45) is 52.3 Å². The van der Waals surface area contributed by atoms with Crippen LogP contribution in [-0.4, -0.2) is 5.78 Å². The summed E-state index contributed by atoms with van der Waals surface area (Å²) < 4.78 is 0. The summed E-state index contributed by atoms with van der Waals surface area (Å²) in [7, 11) is 0. The van der Waals surface area contributed by atoms with Crippen LogP contribution in [0.3, 0.4) is 0 Å². The van der Waals surface area contributed by atoms with E-state index in [0.717, 1.165) is 23.7 Å². The third-order valence-electron chi connectivity index (χ3n) is 10.7. The smallest absolute Gasteiger partial charge is 0.159 e. The van der Waals surface area contributed by atoms with Gasteiger partial charge < -0.3 is 0 Å². The van der Waals surface area contributed by atoms with E-state index in [1.54, 1.807) is 0 Å². The summed E-state index contributed by atoms with van der Waals surface area (Å²) in [5.41, 5.74) is 1.96. The van der Waals surface area contributed by atoms with Gasteiger partial charge in [-0.1, -0.05) is 66.5 Å². The fourth-order valence-corrected chi connectivity index (χ4v) is 8.70. The molecule has 2 fully saturated rings. The largest absolute Gasteiger partial charge is 0.295 e. The quantitative estimate of drug-likeness (QED) is 0.433. The van der Waals surface area contributed by atoms with Gasteiger partial charge >= 0.3 is 0 Å². The Balaban J connectivity index is 1.53. The van der Waals surface area contributed by atoms with Crippen LogP contribution >= 0.6 is 0 Å². The molecule has 0 aromatic carbocycles. The zero-order chi connectivity index (χ0) is 21.7. The number of ketones is 1. The lowest BCUT2D eigenvalue weighted by Gasteiger charge is -2.56. The Hall–Kier alpha value is -0.850. The Morgan fingerprint density at radius 3 is 2.50 bits per heavy atom. The summed E-state index contributed by atoms with van der Waals surface area (Å²) >= 11 is 0. The lowest BCUT2D eigenvalue weighted by Crippen LogP contribution is -2.52. The van der Waals surface area contributed by atoms with E-state index in [0.29, 0.717) is 29.0 Å². The Labute approximate surface area is 186 Å². The molecule has 8 atom stereocenters. The molecule has 2 saturated carbocycles. The molecule has 1 heteroatoms. The van der Waals surface area contributed by atoms with E-state index < -0.39 is 0 Å². The molecule has 168 valence electrons. The third-order valence-corrected chi connectivity index (χ3v) is 10.7. The van der Waals surface area contributed by atoms with Crippen molar-refractivity contribution < 1.29 is 4.79 Å². The molecule has 30 heavy (non-hydrogen) atoms. The highest BCUT2D eigenvalue weighted by atomic mass is 16.1. The number of rotatable bonds is 6. The summed E-state index contributed by atoms with van der Waals surface area (Å²) in [4.78, 5) is 13.4. The van der Waals surface area contributed by atoms with Gasteiger partial charge in [-0.25, -0.2) is 0 Å². The molecule has 4 aliphatic carbocycles. The van der Waals surface area contributed by atoms with Crippen LogP contribution in [0.25, 0.3) is 0 Å². The summed E-state index contributed by atoms with van der Waals surface area (Å²) in [5.74, 6) is 5.23. The molecule has 4 aliphatic rings. The second kappa shape index (κ2) is 8.25. The van der Waals surface area contributed by atoms with Crippen molar-refractivity contribution in [3.8, 4) is 0 Å². The maximum absolute atomic E-state index is 13.4. The van der Waals surface area contributed by atoms with Crippen LogP contribution in [-0.2, 0) is 4.79 Å². The average molecular weight is 411 g/mol. The summed E-state index contributed by atoms with van der Waals surface area (Å²) in [5, 5.41) is 0. The van der Waals surface area contributed by atoms with Gasteiger partial charge in [0.25, 0.3) is 0 Å². The zero-order valence-electron chi connectivity index (χ0n) is 20.5. The number of carbonyl (C=O) groups is 1. The van der Waals surface area contributed by atoms with E-state index >= 15 is 0 Å². The summed E-state index contributed by atoms with van der Waals surface area (Å²) in [6.07, 6.45) is 18.3. The topological polar surface area (TPSA) is 17.1 Å². The number of hydrogen-bond donors (Lipinski definition) is 0. The molecule has 0 spiro atoms. The normalized spacial score (nSPS) is 42.4. The van der Waals surface area contributed by atoms with Gasteiger partial charge in [0.2, 0.25) is 0 Å². The second-order valence-electron chi connectivity index (χ2n) is 12.3. The van der Waals surface area contributed by atoms with Crippen LogP contribution in [0.5, 0.6) is 0 Å². The molecule has 0 bridgehead atoms. The van der Waals surface area contributed by atoms with Crippen LogP contribution in [0, 0.1) is 52.3 Å². The highest BCUT2D eigenvalue weighted by Crippen LogP contribution is 2.66. The minimum atomic E-state index is 0.240. The van der Waals surface area contributed by atoms with E-state index in [9.17, 15) is 4.79 Å². The molecule has 0 aromatic rings. The maximum Gasteiger partial charge on any atom is 0.159 e. The molecule has 0 N–H and O–H groups in total. The maximum atomic E-state index is 13.4. The molecule has 0 aromatic heterocycles. The standard InChI is InChI=1S/C29H46O/c1-7-21(19(2)3)12-11-20(4)23-13-14-24-27-25(15-17-29(23,24)6)28(5)16-9-8-10-22(28)18-26(27)30/h8,10,18-21,23-25,27H,7,9,11-17H2,1-6H3/t20-,21+,23-,24+,25+,27+,28+,29-/m1/s1. The molecular formula is C29H46O. The highest BCUT2D eigenvalue weighted by molar-refractivity contribution is 5.95. The van der Waals surface area contributed by atoms with Crippen molar-refractivity contribution in [1.82, 2.24) is 0 Å². The van der Waals surface area contributed by atoms with Crippen LogP contribution in [0.2, 0.25) is 0 Å². The van der Waals surface area contributed by atoms with E-state index in [-0.39, 0.29) is 5.41 Å². The van der Waals surface area contributed by atoms with Gasteiger partial charge in [0.1, 0.15) is 0 Å². The van der Waals surface area contributed by atoms with Crippen LogP contribution in [0.15, 0.2) is 23.8 Å². The van der Waals surface area contributed by atoms with Crippen LogP contribution < -0.4 is 0 Å². The molecule has 4 rings (SSSR count). The van der Waals surface area contributed by atoms with Crippen molar-refractivity contribution in [2.75, 3.05) is 0 Å². The van der Waals surface area contributed by atoms with E-state index in [1.807, 2.05) is 0 Å². The van der Waals surface area contributed by atoms with Crippen molar-refractivity contribution in [2.45, 2.75) is 99.3 Å². The SMILES string of the molecule is CC[C@@H](CC[C@@H](C)[C@H]1CC[C@H]2[C@@H]3C(=O)C=C4C=CCC[C@]4(C)[C@H]3CC[C@]12C)C(C)C. The highest BCUT2D eigenvalue weighted by Gasteiger charge is 2.60. The minimum absolute atomic E-state index is 0.240. The fraction of sp³-hybridized carbons (Fsp3) is 0.828. The van der Waals surface area contributed by atoms with Crippen LogP contribution in [0.1, 0.15) is 99.3 Å². The predicted molar refractivity (Wildman–Crippen MR) is 127 cm³/mol. The van der Waals surface area contributed by atoms with Gasteiger partial charge in [-0.2, -0.15) is 0 Å². The third kappa shape index (κ3) is 3.47. The molecule has 1 nitrogen and oxygen atoms in total. The van der Waals surface area contributed by atoms with Gasteiger partial charge in [0, 0.05) is 5.92 Å². The first-order chi connectivity index (χ1) is 14.2. The molecular weight excluding hydrogens is 364 g/mol.